The van der Waals surface area contributed by atoms with Gasteiger partial charge in [0, 0.05) is 33.6 Å². The zero-order valence-corrected chi connectivity index (χ0v) is 14.2. The molecule has 0 aliphatic heterocycles. The summed E-state index contributed by atoms with van der Waals surface area (Å²) in [6.07, 6.45) is 2.70. The van der Waals surface area contributed by atoms with E-state index >= 15 is 0 Å². The van der Waals surface area contributed by atoms with Crippen LogP contribution in [0.4, 0.5) is 0 Å². The van der Waals surface area contributed by atoms with Gasteiger partial charge in [0.05, 0.1) is 32.6 Å². The summed E-state index contributed by atoms with van der Waals surface area (Å²) in [5.74, 6) is 0. The second kappa shape index (κ2) is 10.0. The lowest BCUT2D eigenvalue weighted by molar-refractivity contribution is 0.0445. The van der Waals surface area contributed by atoms with Gasteiger partial charge in [-0.1, -0.05) is 27.8 Å². The van der Waals surface area contributed by atoms with Gasteiger partial charge in [-0.25, -0.2) is 4.68 Å². The second-order valence-electron chi connectivity index (χ2n) is 3.41. The highest BCUT2D eigenvalue weighted by molar-refractivity contribution is 14.1. The third-order valence-corrected chi connectivity index (χ3v) is 3.31. The zero-order chi connectivity index (χ0) is 13.2. The summed E-state index contributed by atoms with van der Waals surface area (Å²) in [4.78, 5) is 11.0. The molecule has 0 aliphatic rings. The molecule has 0 N–H and O–H groups in total. The number of halogens is 2. The number of carbonyl (C=O) groups is 1. The molecule has 0 atom stereocenters. The second-order valence-corrected chi connectivity index (χ2v) is 5.47. The molecule has 0 unspecified atom stereocenters. The monoisotopic (exact) mass is 479 g/mol. The van der Waals surface area contributed by atoms with Crippen molar-refractivity contribution in [3.8, 4) is 0 Å². The maximum absolute atomic E-state index is 11.0. The van der Waals surface area contributed by atoms with Gasteiger partial charge < -0.3 is 9.47 Å². The van der Waals surface area contributed by atoms with Gasteiger partial charge in [-0.15, -0.1) is 5.10 Å². The number of carbonyl (C=O) groups excluding carboxylic acids is 1. The van der Waals surface area contributed by atoms with Gasteiger partial charge in [0.15, 0.2) is 5.69 Å². The van der Waals surface area contributed by atoms with E-state index in [9.17, 15) is 4.79 Å². The first-order valence-corrected chi connectivity index (χ1v) is 8.16. The number of hydrogen-bond acceptors (Lipinski definition) is 5. The summed E-state index contributed by atoms with van der Waals surface area (Å²) < 4.78 is 13.3. The van der Waals surface area contributed by atoms with Crippen LogP contribution in [0.5, 0.6) is 0 Å². The predicted octanol–water partition coefficient (Wildman–Crippen LogP) is 1.71. The van der Waals surface area contributed by atoms with E-state index < -0.39 is 0 Å². The van der Waals surface area contributed by atoms with E-state index in [1.807, 2.05) is 0 Å². The molecule has 1 heterocycles. The summed E-state index contributed by atoms with van der Waals surface area (Å²) >= 11 is 4.01. The molecule has 0 saturated carbocycles. The van der Waals surface area contributed by atoms with Crippen molar-refractivity contribution in [1.29, 1.82) is 0 Å². The van der Waals surface area contributed by atoms with Gasteiger partial charge >= 0.3 is 0 Å². The van der Waals surface area contributed by atoms with Crippen molar-refractivity contribution in [2.45, 2.75) is 13.0 Å². The van der Waals surface area contributed by atoms with Crippen molar-refractivity contribution in [3.05, 3.63) is 11.9 Å². The first kappa shape index (κ1) is 16.2. The third kappa shape index (κ3) is 6.95. The molecule has 0 radical (unpaired) electrons. The average molecular weight is 479 g/mol. The van der Waals surface area contributed by atoms with Gasteiger partial charge in [0.1, 0.15) is 0 Å². The lowest BCUT2D eigenvalue weighted by Crippen LogP contribution is -2.11. The third-order valence-electron chi connectivity index (χ3n) is 2.00. The van der Waals surface area contributed by atoms with Gasteiger partial charge in [-0.2, -0.15) is 0 Å². The fourth-order valence-electron chi connectivity index (χ4n) is 1.13. The minimum absolute atomic E-state index is 0.108. The number of alkyl halides is 1. The molecule has 8 heteroatoms. The lowest BCUT2D eigenvalue weighted by Gasteiger charge is -2.04. The van der Waals surface area contributed by atoms with Crippen LogP contribution in [0.2, 0.25) is 0 Å². The molecule has 102 valence electrons. The minimum Gasteiger partial charge on any atom is -0.379 e. The van der Waals surface area contributed by atoms with Crippen LogP contribution in [0.1, 0.15) is 16.9 Å². The topological polar surface area (TPSA) is 66.2 Å². The Balaban J connectivity index is 2.02. The lowest BCUT2D eigenvalue weighted by atomic mass is 10.5. The molecule has 6 nitrogen and oxygen atoms in total. The number of hydrogen-bond donors (Lipinski definition) is 0. The highest BCUT2D eigenvalue weighted by Gasteiger charge is 2.05. The average Bonchev–Trinajstić information content (AvgIpc) is 2.81. The summed E-state index contributed by atoms with van der Waals surface area (Å²) in [6.45, 7) is 3.11. The normalized spacial score (nSPS) is 10.8. The standard InChI is InChI=1S/C10H15I2N3O3/c11-2-1-4-17-6-7-18-5-3-15-8-9(10(12)16)13-14-15/h8H,1-7H2. The molecule has 0 spiro atoms. The Labute approximate surface area is 133 Å². The zero-order valence-electron chi connectivity index (χ0n) is 9.85. The Bertz CT molecular complexity index is 360. The predicted molar refractivity (Wildman–Crippen MR) is 83.5 cm³/mol. The molecule has 0 fully saturated rings. The van der Waals surface area contributed by atoms with E-state index in [-0.39, 0.29) is 3.79 Å². The Kier molecular flexibility index (Phi) is 9.06. The van der Waals surface area contributed by atoms with Crippen LogP contribution in [-0.4, -0.2) is 49.6 Å². The quantitative estimate of drug-likeness (QED) is 0.222. The fourth-order valence-corrected chi connectivity index (χ4v) is 1.69. The number of aromatic nitrogens is 3. The van der Waals surface area contributed by atoms with Crippen molar-refractivity contribution in [1.82, 2.24) is 15.0 Å². The first-order chi connectivity index (χ1) is 8.74. The summed E-state index contributed by atoms with van der Waals surface area (Å²) in [6, 6.07) is 0. The molecule has 18 heavy (non-hydrogen) atoms. The van der Waals surface area contributed by atoms with Crippen molar-refractivity contribution in [2.75, 3.05) is 30.9 Å². The van der Waals surface area contributed by atoms with E-state index in [0.29, 0.717) is 32.1 Å². The first-order valence-electron chi connectivity index (χ1n) is 5.55. The Morgan fingerprint density at radius 2 is 2.00 bits per heavy atom. The van der Waals surface area contributed by atoms with Crippen LogP contribution in [0.15, 0.2) is 6.20 Å². The van der Waals surface area contributed by atoms with Crippen LogP contribution in [-0.2, 0) is 16.0 Å². The maximum Gasteiger partial charge on any atom is 0.244 e. The largest absolute Gasteiger partial charge is 0.379 e. The molecule has 0 saturated heterocycles. The Morgan fingerprint density at radius 3 is 2.61 bits per heavy atom. The van der Waals surface area contributed by atoms with Crippen molar-refractivity contribution in [2.24, 2.45) is 0 Å². The Morgan fingerprint density at radius 1 is 1.28 bits per heavy atom. The number of ether oxygens (including phenoxy) is 2. The molecule has 1 aromatic heterocycles. The van der Waals surface area contributed by atoms with Crippen molar-refractivity contribution < 1.29 is 14.3 Å². The van der Waals surface area contributed by atoms with E-state index in [1.54, 1.807) is 33.5 Å². The maximum atomic E-state index is 11.0. The van der Waals surface area contributed by atoms with E-state index in [2.05, 4.69) is 32.9 Å². The molecule has 0 aliphatic carbocycles. The highest BCUT2D eigenvalue weighted by Crippen LogP contribution is 2.00. The number of nitrogens with zero attached hydrogens (tertiary/aromatic N) is 3. The molecule has 0 aromatic carbocycles. The van der Waals surface area contributed by atoms with Crippen LogP contribution in [0, 0.1) is 0 Å². The molecule has 0 amide bonds. The van der Waals surface area contributed by atoms with Crippen LogP contribution in [0.25, 0.3) is 0 Å². The van der Waals surface area contributed by atoms with Gasteiger partial charge in [0.2, 0.25) is 3.79 Å². The van der Waals surface area contributed by atoms with E-state index in [0.717, 1.165) is 17.5 Å². The summed E-state index contributed by atoms with van der Waals surface area (Å²) in [5, 5.41) is 7.56. The molecular weight excluding hydrogens is 464 g/mol. The minimum atomic E-state index is -0.108. The summed E-state index contributed by atoms with van der Waals surface area (Å²) in [5.41, 5.74) is 0.373. The van der Waals surface area contributed by atoms with Crippen LogP contribution in [0.3, 0.4) is 0 Å². The molecule has 0 bridgehead atoms. The fraction of sp³-hybridized carbons (Fsp3) is 0.700. The summed E-state index contributed by atoms with van der Waals surface area (Å²) in [7, 11) is 0. The SMILES string of the molecule is O=C(I)c1cn(CCOCCOCCCI)nn1. The van der Waals surface area contributed by atoms with Gasteiger partial charge in [0.25, 0.3) is 0 Å². The molecular formula is C10H15I2N3O3. The van der Waals surface area contributed by atoms with Crippen LogP contribution >= 0.6 is 45.2 Å². The smallest absolute Gasteiger partial charge is 0.244 e. The van der Waals surface area contributed by atoms with Crippen molar-refractivity contribution in [3.63, 3.8) is 0 Å². The highest BCUT2D eigenvalue weighted by atomic mass is 127. The van der Waals surface area contributed by atoms with E-state index in [1.165, 1.54) is 0 Å². The molecule has 1 aromatic rings. The molecule has 1 rings (SSSR count). The number of rotatable bonds is 10. The van der Waals surface area contributed by atoms with Crippen molar-refractivity contribution >= 4 is 49.0 Å². The van der Waals surface area contributed by atoms with E-state index in [4.69, 9.17) is 9.47 Å². The Hall–Kier alpha value is 0.190. The van der Waals surface area contributed by atoms with Gasteiger partial charge in [-0.3, -0.25) is 4.79 Å². The van der Waals surface area contributed by atoms with Crippen LogP contribution < -0.4 is 0 Å². The van der Waals surface area contributed by atoms with Gasteiger partial charge in [-0.05, 0) is 6.42 Å².